The second kappa shape index (κ2) is 3.23. The smallest absolute Gasteiger partial charge is 0.0735 e. The minimum absolute atomic E-state index is 0.142. The summed E-state index contributed by atoms with van der Waals surface area (Å²) in [6.45, 7) is 4.47. The summed E-state index contributed by atoms with van der Waals surface area (Å²) in [5.74, 6) is 0. The Balaban J connectivity index is 1.84. The van der Waals surface area contributed by atoms with Gasteiger partial charge in [0.1, 0.15) is 0 Å². The SMILES string of the molecule is CCC(O)CN1CC(O)C2(CC2)C1. The third-order valence-electron chi connectivity index (χ3n) is 3.51. The van der Waals surface area contributed by atoms with Gasteiger partial charge in [-0.25, -0.2) is 0 Å². The van der Waals surface area contributed by atoms with E-state index in [1.807, 2.05) is 6.92 Å². The summed E-state index contributed by atoms with van der Waals surface area (Å²) >= 11 is 0. The van der Waals surface area contributed by atoms with Gasteiger partial charge in [-0.2, -0.15) is 0 Å². The molecule has 13 heavy (non-hydrogen) atoms. The summed E-state index contributed by atoms with van der Waals surface area (Å²) < 4.78 is 0. The third-order valence-corrected chi connectivity index (χ3v) is 3.51. The van der Waals surface area contributed by atoms with E-state index in [4.69, 9.17) is 0 Å². The third kappa shape index (κ3) is 1.73. The van der Waals surface area contributed by atoms with E-state index >= 15 is 0 Å². The monoisotopic (exact) mass is 185 g/mol. The van der Waals surface area contributed by atoms with E-state index < -0.39 is 0 Å². The van der Waals surface area contributed by atoms with Crippen LogP contribution in [0.25, 0.3) is 0 Å². The Labute approximate surface area is 79.4 Å². The van der Waals surface area contributed by atoms with Gasteiger partial charge in [-0.3, -0.25) is 4.90 Å². The second-order valence-corrected chi connectivity index (χ2v) is 4.63. The molecule has 0 aromatic carbocycles. The maximum atomic E-state index is 9.75. The second-order valence-electron chi connectivity index (χ2n) is 4.63. The number of aliphatic hydroxyl groups is 2. The van der Waals surface area contributed by atoms with E-state index in [1.54, 1.807) is 0 Å². The molecule has 0 amide bonds. The van der Waals surface area contributed by atoms with Crippen LogP contribution in [0.4, 0.5) is 0 Å². The molecule has 0 aromatic rings. The Morgan fingerprint density at radius 3 is 2.69 bits per heavy atom. The van der Waals surface area contributed by atoms with Crippen molar-refractivity contribution < 1.29 is 10.2 Å². The van der Waals surface area contributed by atoms with Gasteiger partial charge in [-0.05, 0) is 19.3 Å². The predicted molar refractivity (Wildman–Crippen MR) is 50.4 cm³/mol. The molecule has 1 heterocycles. The quantitative estimate of drug-likeness (QED) is 0.661. The summed E-state index contributed by atoms with van der Waals surface area (Å²) in [6, 6.07) is 0. The largest absolute Gasteiger partial charge is 0.392 e. The van der Waals surface area contributed by atoms with Crippen molar-refractivity contribution in [2.75, 3.05) is 19.6 Å². The molecule has 3 heteroatoms. The van der Waals surface area contributed by atoms with Gasteiger partial charge in [-0.15, -0.1) is 0 Å². The molecular formula is C10H19NO2. The number of likely N-dealkylation sites (tertiary alicyclic amines) is 1. The summed E-state index contributed by atoms with van der Waals surface area (Å²) in [5, 5.41) is 19.2. The number of hydrogen-bond donors (Lipinski definition) is 2. The Kier molecular flexibility index (Phi) is 2.34. The lowest BCUT2D eigenvalue weighted by Gasteiger charge is -2.18. The molecule has 1 aliphatic carbocycles. The average molecular weight is 185 g/mol. The molecule has 3 nitrogen and oxygen atoms in total. The van der Waals surface area contributed by atoms with Gasteiger partial charge < -0.3 is 10.2 Å². The van der Waals surface area contributed by atoms with Gasteiger partial charge in [0, 0.05) is 25.0 Å². The molecule has 2 unspecified atom stereocenters. The van der Waals surface area contributed by atoms with Gasteiger partial charge in [0.15, 0.2) is 0 Å². The molecule has 0 radical (unpaired) electrons. The zero-order valence-electron chi connectivity index (χ0n) is 8.24. The van der Waals surface area contributed by atoms with Gasteiger partial charge in [0.2, 0.25) is 0 Å². The minimum Gasteiger partial charge on any atom is -0.392 e. The molecule has 1 saturated heterocycles. The van der Waals surface area contributed by atoms with Crippen molar-refractivity contribution in [2.24, 2.45) is 5.41 Å². The van der Waals surface area contributed by atoms with Crippen molar-refractivity contribution in [2.45, 2.75) is 38.4 Å². The molecular weight excluding hydrogens is 166 g/mol. The topological polar surface area (TPSA) is 43.7 Å². The zero-order valence-corrected chi connectivity index (χ0v) is 8.24. The first-order valence-electron chi connectivity index (χ1n) is 5.25. The van der Waals surface area contributed by atoms with Crippen molar-refractivity contribution >= 4 is 0 Å². The van der Waals surface area contributed by atoms with E-state index in [9.17, 15) is 10.2 Å². The molecule has 1 saturated carbocycles. The van der Waals surface area contributed by atoms with Crippen LogP contribution in [-0.2, 0) is 0 Å². The summed E-state index contributed by atoms with van der Waals surface area (Å²) in [5.41, 5.74) is 0.230. The molecule has 76 valence electrons. The van der Waals surface area contributed by atoms with E-state index in [-0.39, 0.29) is 17.6 Å². The normalized spacial score (nSPS) is 33.9. The molecule has 1 aliphatic heterocycles. The van der Waals surface area contributed by atoms with Gasteiger partial charge in [-0.1, -0.05) is 6.92 Å². The van der Waals surface area contributed by atoms with Gasteiger partial charge in [0.25, 0.3) is 0 Å². The number of β-amino-alcohol motifs (C(OH)–C–C–N with tert-alkyl or cyclic N) is 2. The van der Waals surface area contributed by atoms with Gasteiger partial charge in [0.05, 0.1) is 12.2 Å². The van der Waals surface area contributed by atoms with Crippen LogP contribution < -0.4 is 0 Å². The lowest BCUT2D eigenvalue weighted by atomic mass is 10.0. The van der Waals surface area contributed by atoms with Crippen molar-refractivity contribution in [1.82, 2.24) is 4.90 Å². The standard InChI is InChI=1S/C10H19NO2/c1-2-8(12)5-11-6-9(13)10(7-11)3-4-10/h8-9,12-13H,2-7H2,1H3. The van der Waals surface area contributed by atoms with Crippen LogP contribution in [0.1, 0.15) is 26.2 Å². The fourth-order valence-electron chi connectivity index (χ4n) is 2.27. The predicted octanol–water partition coefficient (Wildman–Crippen LogP) is 0.214. The fraction of sp³-hybridized carbons (Fsp3) is 1.00. The maximum Gasteiger partial charge on any atom is 0.0735 e. The Bertz CT molecular complexity index is 191. The maximum absolute atomic E-state index is 9.75. The first-order valence-corrected chi connectivity index (χ1v) is 5.25. The van der Waals surface area contributed by atoms with E-state index in [0.717, 1.165) is 26.1 Å². The molecule has 1 spiro atoms. The van der Waals surface area contributed by atoms with Crippen molar-refractivity contribution in [3.8, 4) is 0 Å². The number of aliphatic hydroxyl groups excluding tert-OH is 2. The van der Waals surface area contributed by atoms with Crippen LogP contribution in [0.5, 0.6) is 0 Å². The zero-order chi connectivity index (χ0) is 9.47. The van der Waals surface area contributed by atoms with Crippen molar-refractivity contribution in [1.29, 1.82) is 0 Å². The molecule has 2 fully saturated rings. The Hall–Kier alpha value is -0.120. The fourth-order valence-corrected chi connectivity index (χ4v) is 2.27. The van der Waals surface area contributed by atoms with Crippen LogP contribution in [0, 0.1) is 5.41 Å². The lowest BCUT2D eigenvalue weighted by Crippen LogP contribution is -2.31. The minimum atomic E-state index is -0.221. The van der Waals surface area contributed by atoms with Crippen LogP contribution in [0.2, 0.25) is 0 Å². The first-order chi connectivity index (χ1) is 6.16. The molecule has 2 atom stereocenters. The van der Waals surface area contributed by atoms with E-state index in [0.29, 0.717) is 0 Å². The van der Waals surface area contributed by atoms with Crippen molar-refractivity contribution in [3.05, 3.63) is 0 Å². The summed E-state index contributed by atoms with van der Waals surface area (Å²) in [7, 11) is 0. The van der Waals surface area contributed by atoms with Crippen LogP contribution in [0.3, 0.4) is 0 Å². The van der Waals surface area contributed by atoms with E-state index in [2.05, 4.69) is 4.90 Å². The highest BCUT2D eigenvalue weighted by Gasteiger charge is 2.54. The highest BCUT2D eigenvalue weighted by molar-refractivity contribution is 5.06. The van der Waals surface area contributed by atoms with E-state index in [1.165, 1.54) is 12.8 Å². The average Bonchev–Trinajstić information content (AvgIpc) is 2.78. The molecule has 2 aliphatic rings. The molecule has 0 aromatic heterocycles. The number of nitrogens with zero attached hydrogens (tertiary/aromatic N) is 1. The van der Waals surface area contributed by atoms with Crippen LogP contribution >= 0.6 is 0 Å². The highest BCUT2D eigenvalue weighted by Crippen LogP contribution is 2.52. The molecule has 2 N–H and O–H groups in total. The van der Waals surface area contributed by atoms with Crippen LogP contribution in [-0.4, -0.2) is 47.0 Å². The number of hydrogen-bond acceptors (Lipinski definition) is 3. The summed E-state index contributed by atoms with van der Waals surface area (Å²) in [6.07, 6.45) is 2.79. The van der Waals surface area contributed by atoms with Crippen molar-refractivity contribution in [3.63, 3.8) is 0 Å². The Morgan fingerprint density at radius 1 is 1.54 bits per heavy atom. The summed E-state index contributed by atoms with van der Waals surface area (Å²) in [4.78, 5) is 2.20. The highest BCUT2D eigenvalue weighted by atomic mass is 16.3. The molecule has 2 rings (SSSR count). The first kappa shape index (κ1) is 9.44. The number of rotatable bonds is 3. The lowest BCUT2D eigenvalue weighted by molar-refractivity contribution is 0.107. The van der Waals surface area contributed by atoms with Crippen LogP contribution in [0.15, 0.2) is 0 Å². The molecule has 0 bridgehead atoms. The Morgan fingerprint density at radius 2 is 2.23 bits per heavy atom. The van der Waals surface area contributed by atoms with Gasteiger partial charge >= 0.3 is 0 Å².